The van der Waals surface area contributed by atoms with Crippen LogP contribution < -0.4 is 5.43 Å². The van der Waals surface area contributed by atoms with Crippen LogP contribution in [0.5, 0.6) is 0 Å². The fourth-order valence-electron chi connectivity index (χ4n) is 1.67. The Balaban J connectivity index is 2.40. The third kappa shape index (κ3) is 2.34. The van der Waals surface area contributed by atoms with E-state index in [4.69, 9.17) is 5.26 Å². The average molecular weight is 290 g/mol. The Bertz CT molecular complexity index is 574. The van der Waals surface area contributed by atoms with Crippen LogP contribution >= 0.6 is 15.9 Å². The fraction of sp³-hybridized carbons (Fsp3) is 0.154. The van der Waals surface area contributed by atoms with Crippen molar-refractivity contribution in [2.75, 3.05) is 5.43 Å². The van der Waals surface area contributed by atoms with Crippen LogP contribution in [-0.4, -0.2) is 4.68 Å². The van der Waals surface area contributed by atoms with Crippen molar-refractivity contribution in [2.24, 2.45) is 0 Å². The summed E-state index contributed by atoms with van der Waals surface area (Å²) in [5.41, 5.74) is 6.87. The number of anilines is 1. The Labute approximate surface area is 109 Å². The lowest BCUT2D eigenvalue weighted by atomic mass is 10.2. The first-order valence-corrected chi connectivity index (χ1v) is 6.03. The van der Waals surface area contributed by atoms with E-state index in [1.54, 1.807) is 6.07 Å². The van der Waals surface area contributed by atoms with Crippen molar-refractivity contribution >= 4 is 21.6 Å². The Morgan fingerprint density at radius 3 is 2.41 bits per heavy atom. The Morgan fingerprint density at radius 1 is 1.18 bits per heavy atom. The second kappa shape index (κ2) is 4.64. The van der Waals surface area contributed by atoms with Gasteiger partial charge in [0.25, 0.3) is 0 Å². The summed E-state index contributed by atoms with van der Waals surface area (Å²) in [6.07, 6.45) is 0. The highest BCUT2D eigenvalue weighted by atomic mass is 79.9. The number of hydrogen-bond donors (Lipinski definition) is 1. The third-order valence-electron chi connectivity index (χ3n) is 2.61. The van der Waals surface area contributed by atoms with Crippen LogP contribution in [0.4, 0.5) is 5.69 Å². The second-order valence-electron chi connectivity index (χ2n) is 3.87. The van der Waals surface area contributed by atoms with Gasteiger partial charge in [0.2, 0.25) is 0 Å². The molecule has 0 saturated carbocycles. The van der Waals surface area contributed by atoms with Gasteiger partial charge in [-0.1, -0.05) is 15.9 Å². The van der Waals surface area contributed by atoms with Gasteiger partial charge in [-0.15, -0.1) is 0 Å². The molecule has 3 nitrogen and oxygen atoms in total. The minimum atomic E-state index is 0.617. The molecule has 17 heavy (non-hydrogen) atoms. The Morgan fingerprint density at radius 2 is 1.82 bits per heavy atom. The van der Waals surface area contributed by atoms with E-state index >= 15 is 0 Å². The zero-order chi connectivity index (χ0) is 12.4. The molecule has 0 aliphatic heterocycles. The minimum absolute atomic E-state index is 0.617. The summed E-state index contributed by atoms with van der Waals surface area (Å²) in [4.78, 5) is 0. The molecule has 4 heteroatoms. The van der Waals surface area contributed by atoms with Crippen molar-refractivity contribution in [3.8, 4) is 6.07 Å². The molecule has 2 aromatic rings. The van der Waals surface area contributed by atoms with Crippen LogP contribution in [0.3, 0.4) is 0 Å². The average Bonchev–Trinajstić information content (AvgIpc) is 2.62. The maximum atomic E-state index is 9.09. The van der Waals surface area contributed by atoms with Crippen LogP contribution in [0.2, 0.25) is 0 Å². The lowest BCUT2D eigenvalue weighted by Crippen LogP contribution is -2.13. The highest BCUT2D eigenvalue weighted by Crippen LogP contribution is 2.21. The number of aromatic nitrogens is 1. The SMILES string of the molecule is Cc1ccc(C)n1Nc1ccc(Br)cc1C#N. The quantitative estimate of drug-likeness (QED) is 0.917. The number of rotatable bonds is 2. The number of nitrogens with one attached hydrogen (secondary N) is 1. The number of aryl methyl sites for hydroxylation is 2. The molecule has 0 amide bonds. The molecule has 0 spiro atoms. The molecule has 0 aliphatic carbocycles. The van der Waals surface area contributed by atoms with E-state index in [0.29, 0.717) is 5.56 Å². The first kappa shape index (κ1) is 11.7. The van der Waals surface area contributed by atoms with Crippen molar-refractivity contribution in [2.45, 2.75) is 13.8 Å². The molecule has 1 N–H and O–H groups in total. The van der Waals surface area contributed by atoms with Crippen molar-refractivity contribution in [1.29, 1.82) is 5.26 Å². The highest BCUT2D eigenvalue weighted by Gasteiger charge is 2.05. The van der Waals surface area contributed by atoms with Gasteiger partial charge in [0.05, 0.1) is 11.3 Å². The third-order valence-corrected chi connectivity index (χ3v) is 3.10. The standard InChI is InChI=1S/C13H12BrN3/c1-9-3-4-10(2)17(9)16-13-6-5-12(14)7-11(13)8-15/h3-7,16H,1-2H3. The fourth-order valence-corrected chi connectivity index (χ4v) is 2.03. The molecule has 0 atom stereocenters. The van der Waals surface area contributed by atoms with Gasteiger partial charge in [-0.05, 0) is 44.2 Å². The van der Waals surface area contributed by atoms with Crippen LogP contribution in [0.15, 0.2) is 34.8 Å². The Hall–Kier alpha value is -1.73. The predicted octanol–water partition coefficient (Wildman–Crippen LogP) is 3.61. The number of benzene rings is 1. The highest BCUT2D eigenvalue weighted by molar-refractivity contribution is 9.10. The molecule has 0 unspecified atom stereocenters. The maximum absolute atomic E-state index is 9.09. The summed E-state index contributed by atoms with van der Waals surface area (Å²) in [6, 6.07) is 11.9. The minimum Gasteiger partial charge on any atom is -0.293 e. The van der Waals surface area contributed by atoms with Crippen molar-refractivity contribution in [1.82, 2.24) is 4.68 Å². The van der Waals surface area contributed by atoms with E-state index in [9.17, 15) is 0 Å². The van der Waals surface area contributed by atoms with Gasteiger partial charge in [-0.2, -0.15) is 5.26 Å². The van der Waals surface area contributed by atoms with Crippen molar-refractivity contribution < 1.29 is 0 Å². The molecular weight excluding hydrogens is 278 g/mol. The van der Waals surface area contributed by atoms with Crippen LogP contribution in [0.25, 0.3) is 0 Å². The molecule has 1 aromatic carbocycles. The van der Waals surface area contributed by atoms with Crippen molar-refractivity contribution in [3.63, 3.8) is 0 Å². The molecule has 0 bridgehead atoms. The van der Waals surface area contributed by atoms with Gasteiger partial charge in [0.1, 0.15) is 6.07 Å². The normalized spacial score (nSPS) is 10.0. The zero-order valence-electron chi connectivity index (χ0n) is 9.66. The first-order valence-electron chi connectivity index (χ1n) is 5.23. The van der Waals surface area contributed by atoms with Crippen LogP contribution in [0, 0.1) is 25.2 Å². The molecule has 0 saturated heterocycles. The van der Waals surface area contributed by atoms with E-state index in [0.717, 1.165) is 21.5 Å². The van der Waals surface area contributed by atoms with E-state index in [1.807, 2.05) is 42.8 Å². The van der Waals surface area contributed by atoms with E-state index < -0.39 is 0 Å². The maximum Gasteiger partial charge on any atom is 0.101 e. The van der Waals surface area contributed by atoms with Gasteiger partial charge in [0.15, 0.2) is 0 Å². The summed E-state index contributed by atoms with van der Waals surface area (Å²) < 4.78 is 2.87. The molecule has 1 heterocycles. The van der Waals surface area contributed by atoms with E-state index in [-0.39, 0.29) is 0 Å². The monoisotopic (exact) mass is 289 g/mol. The first-order chi connectivity index (χ1) is 8.11. The van der Waals surface area contributed by atoms with Gasteiger partial charge in [0, 0.05) is 15.9 Å². The van der Waals surface area contributed by atoms with Gasteiger partial charge in [-0.3, -0.25) is 10.1 Å². The largest absolute Gasteiger partial charge is 0.293 e. The summed E-state index contributed by atoms with van der Waals surface area (Å²) in [5.74, 6) is 0. The Kier molecular flexibility index (Phi) is 3.21. The number of hydrogen-bond acceptors (Lipinski definition) is 2. The second-order valence-corrected chi connectivity index (χ2v) is 4.78. The molecule has 1 aromatic heterocycles. The van der Waals surface area contributed by atoms with Gasteiger partial charge < -0.3 is 0 Å². The lowest BCUT2D eigenvalue weighted by Gasteiger charge is -2.13. The number of nitrogens with zero attached hydrogens (tertiary/aromatic N) is 2. The molecule has 2 rings (SSSR count). The summed E-state index contributed by atoms with van der Waals surface area (Å²) in [6.45, 7) is 4.04. The summed E-state index contributed by atoms with van der Waals surface area (Å²) in [5, 5.41) is 9.09. The van der Waals surface area contributed by atoms with Crippen LogP contribution in [0.1, 0.15) is 17.0 Å². The predicted molar refractivity (Wildman–Crippen MR) is 71.8 cm³/mol. The zero-order valence-corrected chi connectivity index (χ0v) is 11.2. The van der Waals surface area contributed by atoms with Crippen molar-refractivity contribution in [3.05, 3.63) is 51.8 Å². The van der Waals surface area contributed by atoms with E-state index in [1.165, 1.54) is 0 Å². The summed E-state index contributed by atoms with van der Waals surface area (Å²) in [7, 11) is 0. The number of nitriles is 1. The smallest absolute Gasteiger partial charge is 0.101 e. The van der Waals surface area contributed by atoms with Gasteiger partial charge in [-0.25, -0.2) is 0 Å². The summed E-state index contributed by atoms with van der Waals surface area (Å²) >= 11 is 3.36. The number of halogens is 1. The molecular formula is C13H12BrN3. The van der Waals surface area contributed by atoms with Crippen LogP contribution in [-0.2, 0) is 0 Å². The van der Waals surface area contributed by atoms with E-state index in [2.05, 4.69) is 27.4 Å². The lowest BCUT2D eigenvalue weighted by molar-refractivity contribution is 0.880. The topological polar surface area (TPSA) is 40.8 Å². The molecule has 86 valence electrons. The molecule has 0 aliphatic rings. The van der Waals surface area contributed by atoms with Gasteiger partial charge >= 0.3 is 0 Å². The molecule has 0 fully saturated rings. The molecule has 0 radical (unpaired) electrons.